The fraction of sp³-hybridized carbons (Fsp3) is 0.824. The molecular formula is C17H26N2O. The highest BCUT2D eigenvalue weighted by Gasteiger charge is 2.58. The third-order valence-corrected chi connectivity index (χ3v) is 6.17. The van der Waals surface area contributed by atoms with E-state index in [9.17, 15) is 0 Å². The lowest BCUT2D eigenvalue weighted by Gasteiger charge is -2.60. The molecule has 4 bridgehead atoms. The molecule has 0 aromatic carbocycles. The third kappa shape index (κ3) is 1.61. The van der Waals surface area contributed by atoms with E-state index in [-0.39, 0.29) is 5.41 Å². The minimum absolute atomic E-state index is 0.239. The van der Waals surface area contributed by atoms with Crippen molar-refractivity contribution < 1.29 is 4.52 Å². The zero-order valence-electron chi connectivity index (χ0n) is 12.9. The maximum Gasteiger partial charge on any atom is 0.170 e. The van der Waals surface area contributed by atoms with Crippen LogP contribution in [0.15, 0.2) is 4.52 Å². The summed E-state index contributed by atoms with van der Waals surface area (Å²) in [6.45, 7) is 6.90. The number of aromatic nitrogens is 1. The minimum atomic E-state index is 0.239. The van der Waals surface area contributed by atoms with Gasteiger partial charge in [-0.2, -0.15) is 0 Å². The third-order valence-electron chi connectivity index (χ3n) is 6.17. The predicted octanol–water partition coefficient (Wildman–Crippen LogP) is 4.24. The molecule has 4 saturated carbocycles. The van der Waals surface area contributed by atoms with Gasteiger partial charge in [-0.3, -0.25) is 0 Å². The largest absolute Gasteiger partial charge is 0.381 e. The number of nitrogens with zero attached hydrogens (tertiary/aromatic N) is 1. The van der Waals surface area contributed by atoms with Crippen LogP contribution in [-0.2, 0) is 5.41 Å². The van der Waals surface area contributed by atoms with Crippen LogP contribution in [0, 0.1) is 17.3 Å². The minimum Gasteiger partial charge on any atom is -0.381 e. The molecular weight excluding hydrogens is 248 g/mol. The Balaban J connectivity index is 1.82. The second-order valence-corrected chi connectivity index (χ2v) is 8.52. The molecule has 3 heteroatoms. The Morgan fingerprint density at radius 3 is 2.40 bits per heavy atom. The van der Waals surface area contributed by atoms with Gasteiger partial charge < -0.3 is 10.3 Å². The van der Waals surface area contributed by atoms with Crippen LogP contribution in [0.2, 0.25) is 0 Å². The molecule has 3 nitrogen and oxygen atoms in total. The van der Waals surface area contributed by atoms with Gasteiger partial charge in [0.25, 0.3) is 0 Å². The van der Waals surface area contributed by atoms with Crippen molar-refractivity contribution in [3.63, 3.8) is 0 Å². The first kappa shape index (κ1) is 12.7. The summed E-state index contributed by atoms with van der Waals surface area (Å²) in [7, 11) is 0. The van der Waals surface area contributed by atoms with E-state index in [2.05, 4.69) is 25.9 Å². The molecule has 2 unspecified atom stereocenters. The number of rotatable bonds is 2. The molecule has 110 valence electrons. The van der Waals surface area contributed by atoms with Crippen molar-refractivity contribution in [3.05, 3.63) is 11.3 Å². The fourth-order valence-electron chi connectivity index (χ4n) is 6.24. The Labute approximate surface area is 121 Å². The number of nitrogens with two attached hydrogens (primary N) is 1. The van der Waals surface area contributed by atoms with E-state index in [0.29, 0.717) is 17.2 Å². The lowest BCUT2D eigenvalue weighted by atomic mass is 9.44. The Hall–Kier alpha value is -0.990. The van der Waals surface area contributed by atoms with Crippen molar-refractivity contribution in [3.8, 4) is 0 Å². The SMILES string of the molecule is CC(C)c1c(N)noc1C12CC3CC(CC(C)(C3)C1)C2. The molecule has 0 aliphatic heterocycles. The predicted molar refractivity (Wildman–Crippen MR) is 79.5 cm³/mol. The molecule has 20 heavy (non-hydrogen) atoms. The summed E-state index contributed by atoms with van der Waals surface area (Å²) in [6, 6.07) is 0. The number of anilines is 1. The molecule has 1 aromatic heterocycles. The van der Waals surface area contributed by atoms with E-state index in [0.717, 1.165) is 17.6 Å². The van der Waals surface area contributed by atoms with E-state index < -0.39 is 0 Å². The molecule has 0 radical (unpaired) electrons. The topological polar surface area (TPSA) is 52.0 Å². The summed E-state index contributed by atoms with van der Waals surface area (Å²) in [5, 5.41) is 4.12. The summed E-state index contributed by atoms with van der Waals surface area (Å²) in [5.74, 6) is 3.96. The summed E-state index contributed by atoms with van der Waals surface area (Å²) >= 11 is 0. The molecule has 1 heterocycles. The molecule has 4 aliphatic carbocycles. The van der Waals surface area contributed by atoms with E-state index in [1.165, 1.54) is 44.1 Å². The maximum atomic E-state index is 6.09. The normalized spacial score (nSPS) is 42.6. The lowest BCUT2D eigenvalue weighted by Crippen LogP contribution is -2.53. The van der Waals surface area contributed by atoms with Crippen LogP contribution in [0.25, 0.3) is 0 Å². The van der Waals surface area contributed by atoms with Crippen LogP contribution < -0.4 is 5.73 Å². The van der Waals surface area contributed by atoms with E-state index in [1.807, 2.05) is 0 Å². The Morgan fingerprint density at radius 2 is 1.85 bits per heavy atom. The van der Waals surface area contributed by atoms with Gasteiger partial charge in [0.2, 0.25) is 0 Å². The maximum absolute atomic E-state index is 6.09. The molecule has 0 saturated heterocycles. The van der Waals surface area contributed by atoms with Gasteiger partial charge in [0.05, 0.1) is 0 Å². The molecule has 2 atom stereocenters. The molecule has 5 rings (SSSR count). The Kier molecular flexibility index (Phi) is 2.42. The average molecular weight is 274 g/mol. The first-order valence-corrected chi connectivity index (χ1v) is 8.16. The fourth-order valence-corrected chi connectivity index (χ4v) is 6.24. The van der Waals surface area contributed by atoms with Crippen LogP contribution in [-0.4, -0.2) is 5.16 Å². The van der Waals surface area contributed by atoms with Gasteiger partial charge in [0.1, 0.15) is 5.76 Å². The molecule has 4 aliphatic rings. The molecule has 4 fully saturated rings. The van der Waals surface area contributed by atoms with Crippen molar-refractivity contribution >= 4 is 5.82 Å². The van der Waals surface area contributed by atoms with Crippen molar-refractivity contribution in [2.45, 2.75) is 70.6 Å². The molecule has 1 aromatic rings. The van der Waals surface area contributed by atoms with E-state index >= 15 is 0 Å². The highest BCUT2D eigenvalue weighted by atomic mass is 16.5. The van der Waals surface area contributed by atoms with E-state index in [4.69, 9.17) is 10.3 Å². The van der Waals surface area contributed by atoms with Crippen LogP contribution in [0.1, 0.15) is 76.5 Å². The smallest absolute Gasteiger partial charge is 0.170 e. The average Bonchev–Trinajstić information content (AvgIpc) is 2.68. The number of hydrogen-bond donors (Lipinski definition) is 1. The zero-order chi connectivity index (χ0) is 14.1. The first-order chi connectivity index (χ1) is 9.41. The van der Waals surface area contributed by atoms with Crippen LogP contribution in [0.3, 0.4) is 0 Å². The van der Waals surface area contributed by atoms with Crippen molar-refractivity contribution in [1.82, 2.24) is 5.16 Å². The summed E-state index contributed by atoms with van der Waals surface area (Å²) < 4.78 is 5.81. The van der Waals surface area contributed by atoms with Gasteiger partial charge in [-0.05, 0) is 61.7 Å². The second-order valence-electron chi connectivity index (χ2n) is 8.52. The lowest BCUT2D eigenvalue weighted by molar-refractivity contribution is -0.0709. The van der Waals surface area contributed by atoms with Gasteiger partial charge >= 0.3 is 0 Å². The molecule has 2 N–H and O–H groups in total. The van der Waals surface area contributed by atoms with Gasteiger partial charge in [0.15, 0.2) is 5.82 Å². The monoisotopic (exact) mass is 274 g/mol. The Bertz CT molecular complexity index is 531. The zero-order valence-corrected chi connectivity index (χ0v) is 12.9. The Morgan fingerprint density at radius 1 is 1.20 bits per heavy atom. The first-order valence-electron chi connectivity index (χ1n) is 8.16. The van der Waals surface area contributed by atoms with Crippen molar-refractivity contribution in [1.29, 1.82) is 0 Å². The van der Waals surface area contributed by atoms with Crippen LogP contribution in [0.5, 0.6) is 0 Å². The summed E-state index contributed by atoms with van der Waals surface area (Å²) in [5.41, 5.74) is 8.05. The van der Waals surface area contributed by atoms with E-state index in [1.54, 1.807) is 0 Å². The highest BCUT2D eigenvalue weighted by molar-refractivity contribution is 5.46. The van der Waals surface area contributed by atoms with Crippen molar-refractivity contribution in [2.24, 2.45) is 17.3 Å². The van der Waals surface area contributed by atoms with Gasteiger partial charge in [-0.25, -0.2) is 0 Å². The van der Waals surface area contributed by atoms with Gasteiger partial charge in [-0.15, -0.1) is 0 Å². The summed E-state index contributed by atoms with van der Waals surface area (Å²) in [6.07, 6.45) is 8.16. The van der Waals surface area contributed by atoms with Crippen LogP contribution in [0.4, 0.5) is 5.82 Å². The quantitative estimate of drug-likeness (QED) is 0.877. The number of hydrogen-bond acceptors (Lipinski definition) is 3. The molecule has 0 spiro atoms. The van der Waals surface area contributed by atoms with Crippen LogP contribution >= 0.6 is 0 Å². The standard InChI is InChI=1S/C17H26N2O/c1-10(2)13-14(20-19-15(13)18)17-7-11-4-12(8-17)6-16(3,5-11)9-17/h10-12H,4-9H2,1-3H3,(H2,18,19). The second kappa shape index (κ2) is 3.80. The number of nitrogen functional groups attached to an aromatic ring is 1. The van der Waals surface area contributed by atoms with Gasteiger partial charge in [-0.1, -0.05) is 25.9 Å². The molecule has 0 amide bonds. The van der Waals surface area contributed by atoms with Crippen molar-refractivity contribution in [2.75, 3.05) is 5.73 Å². The highest BCUT2D eigenvalue weighted by Crippen LogP contribution is 2.66. The summed E-state index contributed by atoms with van der Waals surface area (Å²) in [4.78, 5) is 0. The van der Waals surface area contributed by atoms with Gasteiger partial charge in [0, 0.05) is 11.0 Å².